The Morgan fingerprint density at radius 3 is 2.32 bits per heavy atom. The van der Waals surface area contributed by atoms with Gasteiger partial charge in [0.2, 0.25) is 0 Å². The molecule has 0 bridgehead atoms. The van der Waals surface area contributed by atoms with Crippen LogP contribution in [0.25, 0.3) is 10.6 Å². The Morgan fingerprint density at radius 1 is 1.18 bits per heavy atom. The first-order valence-electron chi connectivity index (χ1n) is 6.49. The zero-order chi connectivity index (χ0) is 16.4. The zero-order valence-electron chi connectivity index (χ0n) is 11.7. The van der Waals surface area contributed by atoms with Gasteiger partial charge in [0.25, 0.3) is 0 Å². The summed E-state index contributed by atoms with van der Waals surface area (Å²) < 4.78 is 60.2. The molecule has 0 unspecified atom stereocenters. The molecule has 8 heteroatoms. The van der Waals surface area contributed by atoms with Crippen LogP contribution in [0.3, 0.4) is 0 Å². The Kier molecular flexibility index (Phi) is 4.91. The third-order valence-corrected chi connectivity index (χ3v) is 5.78. The summed E-state index contributed by atoms with van der Waals surface area (Å²) in [5.74, 6) is -0.512. The van der Waals surface area contributed by atoms with E-state index < -0.39 is 34.6 Å². The number of nitrogens with zero attached hydrogens (tertiary/aromatic N) is 1. The molecule has 1 aromatic heterocycles. The van der Waals surface area contributed by atoms with E-state index in [1.165, 1.54) is 23.5 Å². The van der Waals surface area contributed by atoms with Crippen molar-refractivity contribution in [3.8, 4) is 10.6 Å². The number of aromatic nitrogens is 1. The van der Waals surface area contributed by atoms with Crippen LogP contribution in [0.4, 0.5) is 13.2 Å². The first-order valence-corrected chi connectivity index (χ1v) is 9.03. The highest BCUT2D eigenvalue weighted by molar-refractivity contribution is 7.91. The Balaban J connectivity index is 2.09. The number of aryl methyl sites for hydroxylation is 1. The quantitative estimate of drug-likeness (QED) is 0.811. The van der Waals surface area contributed by atoms with Gasteiger partial charge in [0.05, 0.1) is 10.6 Å². The maximum Gasteiger partial charge on any atom is 0.389 e. The predicted octanol–water partition coefficient (Wildman–Crippen LogP) is 4.23. The Bertz CT molecular complexity index is 734. The number of thiazole rings is 1. The summed E-state index contributed by atoms with van der Waals surface area (Å²) in [7, 11) is -3.69. The van der Waals surface area contributed by atoms with E-state index in [1.807, 2.05) is 12.3 Å². The van der Waals surface area contributed by atoms with Crippen molar-refractivity contribution in [2.75, 3.05) is 5.75 Å². The summed E-state index contributed by atoms with van der Waals surface area (Å²) in [6, 6.07) is 6.06. The molecule has 22 heavy (non-hydrogen) atoms. The van der Waals surface area contributed by atoms with Gasteiger partial charge in [0, 0.05) is 23.1 Å². The molecule has 1 aromatic carbocycles. The minimum Gasteiger partial charge on any atom is -0.241 e. The summed E-state index contributed by atoms with van der Waals surface area (Å²) in [5, 5.41) is 2.66. The van der Waals surface area contributed by atoms with Crippen LogP contribution in [0.15, 0.2) is 34.5 Å². The van der Waals surface area contributed by atoms with Gasteiger partial charge in [-0.2, -0.15) is 13.2 Å². The van der Waals surface area contributed by atoms with Crippen molar-refractivity contribution in [2.45, 2.75) is 30.8 Å². The summed E-state index contributed by atoms with van der Waals surface area (Å²) in [4.78, 5) is 4.33. The van der Waals surface area contributed by atoms with Gasteiger partial charge in [-0.25, -0.2) is 13.4 Å². The second-order valence-corrected chi connectivity index (χ2v) is 7.82. The number of sulfone groups is 1. The molecule has 3 nitrogen and oxygen atoms in total. The van der Waals surface area contributed by atoms with Crippen molar-refractivity contribution in [1.29, 1.82) is 0 Å². The molecule has 0 spiro atoms. The van der Waals surface area contributed by atoms with E-state index in [-0.39, 0.29) is 4.90 Å². The van der Waals surface area contributed by atoms with Gasteiger partial charge in [-0.1, -0.05) is 12.1 Å². The van der Waals surface area contributed by atoms with Gasteiger partial charge in [0.1, 0.15) is 5.01 Å². The van der Waals surface area contributed by atoms with Crippen molar-refractivity contribution in [1.82, 2.24) is 4.98 Å². The van der Waals surface area contributed by atoms with Gasteiger partial charge >= 0.3 is 6.18 Å². The highest BCUT2D eigenvalue weighted by atomic mass is 32.2. The Labute approximate surface area is 130 Å². The van der Waals surface area contributed by atoms with Crippen LogP contribution in [-0.4, -0.2) is 25.3 Å². The first kappa shape index (κ1) is 17.0. The number of hydrogen-bond acceptors (Lipinski definition) is 4. The van der Waals surface area contributed by atoms with Crippen LogP contribution in [0, 0.1) is 6.92 Å². The third-order valence-electron chi connectivity index (χ3n) is 2.95. The third kappa shape index (κ3) is 4.54. The maximum absolute atomic E-state index is 12.1. The number of benzene rings is 1. The summed E-state index contributed by atoms with van der Waals surface area (Å²) in [5.41, 5.74) is 1.66. The van der Waals surface area contributed by atoms with E-state index >= 15 is 0 Å². The molecular weight excluding hydrogens is 335 g/mol. The Hall–Kier alpha value is -1.41. The second kappa shape index (κ2) is 6.37. The van der Waals surface area contributed by atoms with E-state index in [9.17, 15) is 21.6 Å². The van der Waals surface area contributed by atoms with Crippen molar-refractivity contribution >= 4 is 21.2 Å². The minimum absolute atomic E-state index is 0.0340. The number of halogens is 3. The van der Waals surface area contributed by atoms with Gasteiger partial charge in [0.15, 0.2) is 9.84 Å². The van der Waals surface area contributed by atoms with E-state index in [0.29, 0.717) is 0 Å². The van der Waals surface area contributed by atoms with Crippen molar-refractivity contribution < 1.29 is 21.6 Å². The predicted molar refractivity (Wildman–Crippen MR) is 79.6 cm³/mol. The molecule has 0 atom stereocenters. The fourth-order valence-electron chi connectivity index (χ4n) is 1.87. The molecule has 0 radical (unpaired) electrons. The molecule has 1 heterocycles. The van der Waals surface area contributed by atoms with Crippen LogP contribution >= 0.6 is 11.3 Å². The van der Waals surface area contributed by atoms with Gasteiger partial charge in [-0.15, -0.1) is 11.3 Å². The fraction of sp³-hybridized carbons (Fsp3) is 0.357. The highest BCUT2D eigenvalue weighted by Crippen LogP contribution is 2.26. The lowest BCUT2D eigenvalue weighted by molar-refractivity contribution is -0.134. The monoisotopic (exact) mass is 349 g/mol. The summed E-state index contributed by atoms with van der Waals surface area (Å²) in [6.45, 7) is 1.86. The van der Waals surface area contributed by atoms with E-state index in [1.54, 1.807) is 12.1 Å². The molecule has 0 aliphatic heterocycles. The molecule has 0 fully saturated rings. The topological polar surface area (TPSA) is 47.0 Å². The van der Waals surface area contributed by atoms with Crippen LogP contribution in [0.2, 0.25) is 0 Å². The molecule has 2 rings (SSSR count). The lowest BCUT2D eigenvalue weighted by Gasteiger charge is -2.07. The number of alkyl halides is 3. The van der Waals surface area contributed by atoms with E-state index in [4.69, 9.17) is 0 Å². The largest absolute Gasteiger partial charge is 0.389 e. The summed E-state index contributed by atoms with van der Waals surface area (Å²) >= 11 is 1.45. The van der Waals surface area contributed by atoms with Crippen molar-refractivity contribution in [3.63, 3.8) is 0 Å². The van der Waals surface area contributed by atoms with Crippen molar-refractivity contribution in [2.24, 2.45) is 0 Å². The SMILES string of the molecule is Cc1csc(-c2ccc(S(=O)(=O)CCCC(F)(F)F)cc2)n1. The van der Waals surface area contributed by atoms with Crippen molar-refractivity contribution in [3.05, 3.63) is 35.3 Å². The maximum atomic E-state index is 12.1. The summed E-state index contributed by atoms with van der Waals surface area (Å²) in [6.07, 6.45) is -5.86. The van der Waals surface area contributed by atoms with Crippen LogP contribution in [-0.2, 0) is 9.84 Å². The minimum atomic E-state index is -4.33. The lowest BCUT2D eigenvalue weighted by atomic mass is 10.2. The lowest BCUT2D eigenvalue weighted by Crippen LogP contribution is -2.12. The molecule has 0 aliphatic rings. The number of rotatable bonds is 5. The highest BCUT2D eigenvalue weighted by Gasteiger charge is 2.27. The van der Waals surface area contributed by atoms with Crippen LogP contribution in [0.5, 0.6) is 0 Å². The van der Waals surface area contributed by atoms with Gasteiger partial charge < -0.3 is 0 Å². The zero-order valence-corrected chi connectivity index (χ0v) is 13.4. The first-order chi connectivity index (χ1) is 10.2. The smallest absolute Gasteiger partial charge is 0.241 e. The molecule has 0 aliphatic carbocycles. The average molecular weight is 349 g/mol. The normalized spacial score (nSPS) is 12.5. The number of hydrogen-bond donors (Lipinski definition) is 0. The van der Waals surface area contributed by atoms with Gasteiger partial charge in [-0.3, -0.25) is 0 Å². The van der Waals surface area contributed by atoms with Crippen LogP contribution < -0.4 is 0 Å². The van der Waals surface area contributed by atoms with E-state index in [2.05, 4.69) is 4.98 Å². The van der Waals surface area contributed by atoms with E-state index in [0.717, 1.165) is 16.3 Å². The molecule has 2 aromatic rings. The van der Waals surface area contributed by atoms with Crippen LogP contribution in [0.1, 0.15) is 18.5 Å². The second-order valence-electron chi connectivity index (χ2n) is 4.86. The Morgan fingerprint density at radius 2 is 1.82 bits per heavy atom. The fourth-order valence-corrected chi connectivity index (χ4v) is 3.99. The molecule has 0 amide bonds. The molecule has 120 valence electrons. The molecule has 0 saturated heterocycles. The van der Waals surface area contributed by atoms with Gasteiger partial charge in [-0.05, 0) is 25.5 Å². The average Bonchev–Trinajstić information content (AvgIpc) is 2.84. The molecular formula is C14H14F3NO2S2. The molecule has 0 saturated carbocycles. The standard InChI is InChI=1S/C14H14F3NO2S2/c1-10-9-21-13(18-10)11-3-5-12(6-4-11)22(19,20)8-2-7-14(15,16)17/h3-6,9H,2,7-8H2,1H3. The molecule has 0 N–H and O–H groups in total.